The number of fused-ring (bicyclic) bond motifs is 1. The lowest BCUT2D eigenvalue weighted by Gasteiger charge is -2.36. The number of rotatable bonds is 8. The molecule has 2 unspecified atom stereocenters. The Kier molecular flexibility index (Phi) is 7.94. The van der Waals surface area contributed by atoms with Crippen LogP contribution in [0.4, 0.5) is 0 Å². The fraction of sp³-hybridized carbons (Fsp3) is 0.633. The van der Waals surface area contributed by atoms with Crippen molar-refractivity contribution in [1.82, 2.24) is 14.7 Å². The van der Waals surface area contributed by atoms with Crippen LogP contribution in [0, 0.1) is 18.8 Å². The summed E-state index contributed by atoms with van der Waals surface area (Å²) in [6.45, 7) is 8.95. The van der Waals surface area contributed by atoms with E-state index in [1.807, 2.05) is 0 Å². The Balaban J connectivity index is 1.13. The highest BCUT2D eigenvalue weighted by atomic mass is 16.6. The summed E-state index contributed by atoms with van der Waals surface area (Å²) in [6.07, 6.45) is 13.7. The highest BCUT2D eigenvalue weighted by molar-refractivity contribution is 5.90. The standard InChI is InChI=1S/C30H44N4O/c1-23-7-9-25(10-8-23)21-33-19-15-24(16-20-33)11-13-28-26-12-14-29(34-17-5-4-6-18-34)27(22-32(2)3)30(26)35-31-28/h7-10,12,14,24,26,30H,4-6,11,13,15-22H2,1-3H3. The highest BCUT2D eigenvalue weighted by Crippen LogP contribution is 2.36. The van der Waals surface area contributed by atoms with Gasteiger partial charge in [-0.05, 0) is 96.6 Å². The molecule has 0 aromatic heterocycles. The average Bonchev–Trinajstić information content (AvgIpc) is 3.29. The first-order valence-corrected chi connectivity index (χ1v) is 13.9. The van der Waals surface area contributed by atoms with Gasteiger partial charge >= 0.3 is 0 Å². The smallest absolute Gasteiger partial charge is 0.163 e. The third kappa shape index (κ3) is 6.00. The van der Waals surface area contributed by atoms with Gasteiger partial charge in [-0.15, -0.1) is 0 Å². The van der Waals surface area contributed by atoms with Gasteiger partial charge in [-0.2, -0.15) is 0 Å². The van der Waals surface area contributed by atoms with E-state index in [1.54, 1.807) is 0 Å². The quantitative estimate of drug-likeness (QED) is 0.514. The molecule has 0 radical (unpaired) electrons. The third-order valence-corrected chi connectivity index (χ3v) is 8.35. The number of hydrogen-bond donors (Lipinski definition) is 0. The number of oxime groups is 1. The van der Waals surface area contributed by atoms with Crippen molar-refractivity contribution in [3.8, 4) is 0 Å². The van der Waals surface area contributed by atoms with E-state index in [2.05, 4.69) is 77.3 Å². The van der Waals surface area contributed by atoms with E-state index in [0.717, 1.165) is 25.4 Å². The van der Waals surface area contributed by atoms with Crippen LogP contribution in [-0.2, 0) is 11.4 Å². The number of benzene rings is 1. The van der Waals surface area contributed by atoms with Gasteiger partial charge in [-0.3, -0.25) is 4.90 Å². The zero-order chi connectivity index (χ0) is 24.2. The molecule has 0 N–H and O–H groups in total. The Bertz CT molecular complexity index is 934. The molecule has 0 spiro atoms. The first kappa shape index (κ1) is 24.6. The van der Waals surface area contributed by atoms with Crippen LogP contribution in [-0.4, -0.2) is 73.3 Å². The minimum atomic E-state index is 0.0886. The number of piperidine rings is 2. The van der Waals surface area contributed by atoms with Gasteiger partial charge in [0.05, 0.1) is 11.6 Å². The largest absolute Gasteiger partial charge is 0.387 e. The Morgan fingerprint density at radius 2 is 1.74 bits per heavy atom. The lowest BCUT2D eigenvalue weighted by molar-refractivity contribution is 0.0877. The first-order chi connectivity index (χ1) is 17.1. The van der Waals surface area contributed by atoms with Crippen molar-refractivity contribution in [2.75, 3.05) is 46.8 Å². The molecule has 5 nitrogen and oxygen atoms in total. The summed E-state index contributed by atoms with van der Waals surface area (Å²) >= 11 is 0. The van der Waals surface area contributed by atoms with Crippen LogP contribution in [0.3, 0.4) is 0 Å². The van der Waals surface area contributed by atoms with Crippen molar-refractivity contribution in [2.24, 2.45) is 17.0 Å². The Labute approximate surface area is 212 Å². The highest BCUT2D eigenvalue weighted by Gasteiger charge is 2.39. The predicted molar refractivity (Wildman–Crippen MR) is 144 cm³/mol. The van der Waals surface area contributed by atoms with Gasteiger partial charge < -0.3 is 14.6 Å². The lowest BCUT2D eigenvalue weighted by Crippen LogP contribution is -2.38. The molecular formula is C30H44N4O. The molecule has 35 heavy (non-hydrogen) atoms. The van der Waals surface area contributed by atoms with E-state index in [4.69, 9.17) is 4.84 Å². The molecule has 2 fully saturated rings. The van der Waals surface area contributed by atoms with Crippen LogP contribution in [0.2, 0.25) is 0 Å². The summed E-state index contributed by atoms with van der Waals surface area (Å²) in [6, 6.07) is 9.02. The predicted octanol–water partition coefficient (Wildman–Crippen LogP) is 5.23. The van der Waals surface area contributed by atoms with E-state index in [0.29, 0.717) is 5.92 Å². The van der Waals surface area contributed by atoms with E-state index < -0.39 is 0 Å². The minimum absolute atomic E-state index is 0.0886. The molecular weight excluding hydrogens is 432 g/mol. The molecule has 5 rings (SSSR count). The zero-order valence-electron chi connectivity index (χ0n) is 22.1. The lowest BCUT2D eigenvalue weighted by atomic mass is 9.82. The summed E-state index contributed by atoms with van der Waals surface area (Å²) in [4.78, 5) is 13.6. The van der Waals surface area contributed by atoms with Crippen molar-refractivity contribution in [3.05, 3.63) is 58.8 Å². The third-order valence-electron chi connectivity index (χ3n) is 8.35. The SMILES string of the molecule is Cc1ccc(CN2CCC(CCC3=NOC4C(CN(C)C)=C(N5CCCCC5)C=CC34)CC2)cc1. The molecule has 2 saturated heterocycles. The molecule has 190 valence electrons. The fourth-order valence-electron chi connectivity index (χ4n) is 6.27. The van der Waals surface area contributed by atoms with E-state index in [1.165, 1.54) is 92.8 Å². The number of likely N-dealkylation sites (tertiary alicyclic amines) is 2. The van der Waals surface area contributed by atoms with Crippen LogP contribution >= 0.6 is 0 Å². The molecule has 5 heteroatoms. The normalized spacial score (nSPS) is 25.7. The summed E-state index contributed by atoms with van der Waals surface area (Å²) in [5.41, 5.74) is 6.87. The topological polar surface area (TPSA) is 31.3 Å². The molecule has 0 bridgehead atoms. The summed E-state index contributed by atoms with van der Waals surface area (Å²) in [5.74, 6) is 1.12. The Morgan fingerprint density at radius 1 is 1.00 bits per heavy atom. The monoisotopic (exact) mass is 476 g/mol. The maximum Gasteiger partial charge on any atom is 0.163 e. The second-order valence-electron chi connectivity index (χ2n) is 11.4. The summed E-state index contributed by atoms with van der Waals surface area (Å²) in [5, 5.41) is 4.66. The molecule has 3 heterocycles. The van der Waals surface area contributed by atoms with Crippen LogP contribution in [0.1, 0.15) is 56.1 Å². The van der Waals surface area contributed by atoms with Crippen LogP contribution in [0.15, 0.2) is 52.8 Å². The summed E-state index contributed by atoms with van der Waals surface area (Å²) in [7, 11) is 4.33. The summed E-state index contributed by atoms with van der Waals surface area (Å²) < 4.78 is 0. The molecule has 0 amide bonds. The number of hydrogen-bond acceptors (Lipinski definition) is 5. The van der Waals surface area contributed by atoms with Gasteiger partial charge in [0.1, 0.15) is 0 Å². The van der Waals surface area contributed by atoms with Gasteiger partial charge in [0.2, 0.25) is 0 Å². The molecule has 4 aliphatic rings. The molecule has 1 aromatic carbocycles. The van der Waals surface area contributed by atoms with Gasteiger partial charge in [0, 0.05) is 37.4 Å². The number of aryl methyl sites for hydroxylation is 1. The van der Waals surface area contributed by atoms with Gasteiger partial charge in [0.25, 0.3) is 0 Å². The fourth-order valence-corrected chi connectivity index (χ4v) is 6.27. The molecule has 2 atom stereocenters. The number of allylic oxidation sites excluding steroid dienone is 1. The maximum atomic E-state index is 6.15. The number of likely N-dealkylation sites (N-methyl/N-ethyl adjacent to an activating group) is 1. The average molecular weight is 477 g/mol. The number of nitrogens with zero attached hydrogens (tertiary/aromatic N) is 4. The van der Waals surface area contributed by atoms with Gasteiger partial charge in [0.15, 0.2) is 6.10 Å². The van der Waals surface area contributed by atoms with Crippen LogP contribution < -0.4 is 0 Å². The van der Waals surface area contributed by atoms with E-state index in [9.17, 15) is 0 Å². The molecule has 0 saturated carbocycles. The van der Waals surface area contributed by atoms with Gasteiger partial charge in [-0.1, -0.05) is 41.1 Å². The van der Waals surface area contributed by atoms with Crippen molar-refractivity contribution in [3.63, 3.8) is 0 Å². The van der Waals surface area contributed by atoms with Crippen molar-refractivity contribution < 1.29 is 4.84 Å². The zero-order valence-corrected chi connectivity index (χ0v) is 22.1. The van der Waals surface area contributed by atoms with Crippen LogP contribution in [0.25, 0.3) is 0 Å². The van der Waals surface area contributed by atoms with Crippen molar-refractivity contribution in [1.29, 1.82) is 0 Å². The van der Waals surface area contributed by atoms with Crippen molar-refractivity contribution in [2.45, 2.75) is 64.5 Å². The Morgan fingerprint density at radius 3 is 2.46 bits per heavy atom. The maximum absolute atomic E-state index is 6.15. The Hall–Kier alpha value is -2.11. The van der Waals surface area contributed by atoms with Crippen molar-refractivity contribution >= 4 is 5.71 Å². The van der Waals surface area contributed by atoms with E-state index >= 15 is 0 Å². The molecule has 1 aliphatic carbocycles. The minimum Gasteiger partial charge on any atom is -0.387 e. The molecule has 3 aliphatic heterocycles. The van der Waals surface area contributed by atoms with Crippen LogP contribution in [0.5, 0.6) is 0 Å². The van der Waals surface area contributed by atoms with E-state index in [-0.39, 0.29) is 6.10 Å². The first-order valence-electron chi connectivity index (χ1n) is 13.9. The second-order valence-corrected chi connectivity index (χ2v) is 11.4. The molecule has 1 aromatic rings. The van der Waals surface area contributed by atoms with Gasteiger partial charge in [-0.25, -0.2) is 0 Å². The second kappa shape index (κ2) is 11.3.